The number of aromatic nitrogens is 2. The van der Waals surface area contributed by atoms with E-state index in [1.165, 1.54) is 7.11 Å². The van der Waals surface area contributed by atoms with Crippen molar-refractivity contribution in [2.24, 2.45) is 18.9 Å². The second-order valence-electron chi connectivity index (χ2n) is 6.33. The smallest absolute Gasteiger partial charge is 0.328 e. The fourth-order valence-corrected chi connectivity index (χ4v) is 3.91. The number of hydrogen-bond acceptors (Lipinski definition) is 3. The highest BCUT2D eigenvalue weighted by Crippen LogP contribution is 2.31. The van der Waals surface area contributed by atoms with Gasteiger partial charge in [0.15, 0.2) is 0 Å². The minimum absolute atomic E-state index is 0.0215. The molecule has 0 radical (unpaired) electrons. The molecule has 6 heteroatoms. The molecule has 124 valence electrons. The van der Waals surface area contributed by atoms with Crippen LogP contribution < -0.4 is 5.69 Å². The monoisotopic (exact) mass is 380 g/mol. The molecule has 2 aromatic rings. The van der Waals surface area contributed by atoms with Crippen molar-refractivity contribution in [2.75, 3.05) is 7.11 Å². The lowest BCUT2D eigenvalue weighted by Gasteiger charge is -2.27. The molecule has 5 nitrogen and oxygen atoms in total. The van der Waals surface area contributed by atoms with Crippen LogP contribution in [0, 0.1) is 11.8 Å². The molecule has 0 unspecified atom stereocenters. The zero-order valence-electron chi connectivity index (χ0n) is 13.4. The lowest BCUT2D eigenvalue weighted by atomic mass is 9.82. The Bertz CT molecular complexity index is 785. The molecule has 1 heterocycles. The lowest BCUT2D eigenvalue weighted by molar-refractivity contribution is -0.146. The summed E-state index contributed by atoms with van der Waals surface area (Å²) in [5.41, 5.74) is 1.93. The molecule has 1 fully saturated rings. The largest absolute Gasteiger partial charge is 0.469 e. The van der Waals surface area contributed by atoms with Gasteiger partial charge in [-0.15, -0.1) is 0 Å². The molecule has 0 spiro atoms. The van der Waals surface area contributed by atoms with Gasteiger partial charge in [0, 0.05) is 18.1 Å². The molecular formula is C17H21BrN2O3. The van der Waals surface area contributed by atoms with E-state index in [2.05, 4.69) is 15.9 Å². The number of methoxy groups -OCH3 is 1. The van der Waals surface area contributed by atoms with Crippen LogP contribution in [0.2, 0.25) is 0 Å². The first-order valence-electron chi connectivity index (χ1n) is 7.94. The average molecular weight is 381 g/mol. The molecule has 0 amide bonds. The van der Waals surface area contributed by atoms with Gasteiger partial charge in [0.05, 0.1) is 24.1 Å². The minimum Gasteiger partial charge on any atom is -0.469 e. The van der Waals surface area contributed by atoms with Crippen molar-refractivity contribution >= 4 is 32.9 Å². The number of ether oxygens (including phenoxy) is 1. The van der Waals surface area contributed by atoms with Crippen molar-refractivity contribution in [2.45, 2.75) is 32.2 Å². The molecule has 0 aliphatic heterocycles. The van der Waals surface area contributed by atoms with Crippen molar-refractivity contribution in [3.63, 3.8) is 0 Å². The Hall–Kier alpha value is -1.56. The van der Waals surface area contributed by atoms with E-state index in [0.717, 1.165) is 41.2 Å². The van der Waals surface area contributed by atoms with Crippen molar-refractivity contribution in [3.05, 3.63) is 33.2 Å². The van der Waals surface area contributed by atoms with E-state index in [9.17, 15) is 9.59 Å². The van der Waals surface area contributed by atoms with Crippen LogP contribution in [0.1, 0.15) is 25.7 Å². The van der Waals surface area contributed by atoms with Crippen LogP contribution in [0.5, 0.6) is 0 Å². The van der Waals surface area contributed by atoms with Gasteiger partial charge in [-0.25, -0.2) is 4.79 Å². The van der Waals surface area contributed by atoms with Gasteiger partial charge >= 0.3 is 11.7 Å². The number of nitrogens with zero attached hydrogens (tertiary/aromatic N) is 2. The number of rotatable bonds is 3. The Labute approximate surface area is 143 Å². The molecule has 1 aromatic heterocycles. The maximum Gasteiger partial charge on any atom is 0.328 e. The summed E-state index contributed by atoms with van der Waals surface area (Å²) in [5.74, 6) is 0.350. The summed E-state index contributed by atoms with van der Waals surface area (Å²) in [6.45, 7) is 0.709. The Kier molecular flexibility index (Phi) is 4.62. The fraction of sp³-hybridized carbons (Fsp3) is 0.529. The normalized spacial score (nSPS) is 21.5. The predicted octanol–water partition coefficient (Wildman–Crippen LogP) is 3.08. The van der Waals surface area contributed by atoms with Crippen molar-refractivity contribution in [1.29, 1.82) is 0 Å². The average Bonchev–Trinajstić information content (AvgIpc) is 2.79. The van der Waals surface area contributed by atoms with Crippen LogP contribution in [-0.2, 0) is 23.1 Å². The maximum absolute atomic E-state index is 12.5. The van der Waals surface area contributed by atoms with Gasteiger partial charge in [0.25, 0.3) is 0 Å². The number of aryl methyl sites for hydroxylation is 1. The topological polar surface area (TPSA) is 53.2 Å². The van der Waals surface area contributed by atoms with Gasteiger partial charge in [-0.2, -0.15) is 0 Å². The Morgan fingerprint density at radius 2 is 1.96 bits per heavy atom. The van der Waals surface area contributed by atoms with E-state index in [0.29, 0.717) is 12.5 Å². The molecule has 1 aromatic carbocycles. The summed E-state index contributed by atoms with van der Waals surface area (Å²) in [7, 11) is 3.26. The van der Waals surface area contributed by atoms with Gasteiger partial charge < -0.3 is 4.74 Å². The standard InChI is InChI=1S/C17H21BrN2O3/c1-19-14-8-7-13(18)9-15(14)20(17(19)22)10-11-3-5-12(6-4-11)16(21)23-2/h7-9,11-12H,3-6,10H2,1-2H3. The van der Waals surface area contributed by atoms with Crippen LogP contribution in [-0.4, -0.2) is 22.2 Å². The van der Waals surface area contributed by atoms with E-state index < -0.39 is 0 Å². The zero-order chi connectivity index (χ0) is 16.6. The molecule has 0 atom stereocenters. The number of imidazole rings is 1. The summed E-state index contributed by atoms with van der Waals surface area (Å²) >= 11 is 3.48. The van der Waals surface area contributed by atoms with Crippen molar-refractivity contribution < 1.29 is 9.53 Å². The minimum atomic E-state index is -0.102. The van der Waals surface area contributed by atoms with E-state index in [4.69, 9.17) is 4.74 Å². The summed E-state index contributed by atoms with van der Waals surface area (Å²) in [6, 6.07) is 5.91. The van der Waals surface area contributed by atoms with Gasteiger partial charge in [-0.05, 0) is 49.8 Å². The van der Waals surface area contributed by atoms with Gasteiger partial charge in [-0.1, -0.05) is 15.9 Å². The Morgan fingerprint density at radius 3 is 2.61 bits per heavy atom. The Balaban J connectivity index is 1.80. The molecule has 1 aliphatic rings. The summed E-state index contributed by atoms with van der Waals surface area (Å²) < 4.78 is 9.37. The number of fused-ring (bicyclic) bond motifs is 1. The number of benzene rings is 1. The molecule has 1 aliphatic carbocycles. The van der Waals surface area contributed by atoms with E-state index >= 15 is 0 Å². The molecule has 0 N–H and O–H groups in total. The third-order valence-electron chi connectivity index (χ3n) is 4.93. The number of hydrogen-bond donors (Lipinski definition) is 0. The quantitative estimate of drug-likeness (QED) is 0.768. The number of halogens is 1. The Morgan fingerprint density at radius 1 is 1.26 bits per heavy atom. The van der Waals surface area contributed by atoms with Crippen LogP contribution in [0.4, 0.5) is 0 Å². The zero-order valence-corrected chi connectivity index (χ0v) is 15.0. The van der Waals surface area contributed by atoms with Crippen molar-refractivity contribution in [3.8, 4) is 0 Å². The molecule has 0 bridgehead atoms. The number of carbonyl (C=O) groups is 1. The third kappa shape index (κ3) is 3.09. The first kappa shape index (κ1) is 16.3. The molecule has 23 heavy (non-hydrogen) atoms. The third-order valence-corrected chi connectivity index (χ3v) is 5.42. The lowest BCUT2D eigenvalue weighted by Crippen LogP contribution is -2.29. The summed E-state index contributed by atoms with van der Waals surface area (Å²) in [6.07, 6.45) is 3.61. The first-order valence-corrected chi connectivity index (χ1v) is 8.73. The van der Waals surface area contributed by atoms with E-state index in [-0.39, 0.29) is 17.6 Å². The maximum atomic E-state index is 12.5. The molecule has 3 rings (SSSR count). The first-order chi connectivity index (χ1) is 11.0. The summed E-state index contributed by atoms with van der Waals surface area (Å²) in [4.78, 5) is 24.1. The van der Waals surface area contributed by atoms with Gasteiger partial charge in [0.2, 0.25) is 0 Å². The second-order valence-corrected chi connectivity index (χ2v) is 7.24. The van der Waals surface area contributed by atoms with Crippen molar-refractivity contribution in [1.82, 2.24) is 9.13 Å². The highest BCUT2D eigenvalue weighted by atomic mass is 79.9. The molecule has 0 saturated heterocycles. The van der Waals surface area contributed by atoms with Crippen LogP contribution in [0.15, 0.2) is 27.5 Å². The van der Waals surface area contributed by atoms with Gasteiger partial charge in [0.1, 0.15) is 0 Å². The molecular weight excluding hydrogens is 360 g/mol. The highest BCUT2D eigenvalue weighted by molar-refractivity contribution is 9.10. The van der Waals surface area contributed by atoms with Crippen LogP contribution >= 0.6 is 15.9 Å². The van der Waals surface area contributed by atoms with Crippen LogP contribution in [0.3, 0.4) is 0 Å². The summed E-state index contributed by atoms with van der Waals surface area (Å²) in [5, 5.41) is 0. The second kappa shape index (κ2) is 6.51. The SMILES string of the molecule is COC(=O)C1CCC(Cn2c(=O)n(C)c3ccc(Br)cc32)CC1. The number of carbonyl (C=O) groups excluding carboxylic acids is 1. The van der Waals surface area contributed by atoms with E-state index in [1.807, 2.05) is 29.8 Å². The molecule has 1 saturated carbocycles. The van der Waals surface area contributed by atoms with Crippen LogP contribution in [0.25, 0.3) is 11.0 Å². The number of esters is 1. The van der Waals surface area contributed by atoms with Gasteiger partial charge in [-0.3, -0.25) is 13.9 Å². The highest BCUT2D eigenvalue weighted by Gasteiger charge is 2.27. The fourth-order valence-electron chi connectivity index (χ4n) is 3.57. The van der Waals surface area contributed by atoms with E-state index in [1.54, 1.807) is 4.57 Å². The predicted molar refractivity (Wildman–Crippen MR) is 92.3 cm³/mol.